The Hall–Kier alpha value is -2.28. The molecule has 158 valence electrons. The molecule has 0 unspecified atom stereocenters. The Morgan fingerprint density at radius 3 is 2.18 bits per heavy atom. The lowest BCUT2D eigenvalue weighted by atomic mass is 9.87. The molecule has 3 amide bonds. The molecule has 0 aliphatic rings. The van der Waals surface area contributed by atoms with Crippen LogP contribution in [0.25, 0.3) is 0 Å². The van der Waals surface area contributed by atoms with Gasteiger partial charge < -0.3 is 20.5 Å². The van der Waals surface area contributed by atoms with Crippen LogP contribution in [0, 0.1) is 0 Å². The first-order valence-electron chi connectivity index (χ1n) is 9.66. The number of urea groups is 1. The molecule has 0 aliphatic heterocycles. The fourth-order valence-corrected chi connectivity index (χ4v) is 2.33. The average Bonchev–Trinajstić information content (AvgIpc) is 2.57. The van der Waals surface area contributed by atoms with E-state index in [-0.39, 0.29) is 18.5 Å². The number of hydrogen-bond donors (Lipinski definition) is 2. The van der Waals surface area contributed by atoms with E-state index in [1.165, 1.54) is 5.56 Å². The van der Waals surface area contributed by atoms with Crippen LogP contribution in [0.3, 0.4) is 0 Å². The van der Waals surface area contributed by atoms with Gasteiger partial charge in [0, 0.05) is 19.6 Å². The zero-order chi connectivity index (χ0) is 21.4. The van der Waals surface area contributed by atoms with E-state index in [2.05, 4.69) is 38.2 Å². The molecule has 0 aromatic heterocycles. The van der Waals surface area contributed by atoms with E-state index in [1.54, 1.807) is 20.8 Å². The molecule has 0 radical (unpaired) electrons. The smallest absolute Gasteiger partial charge is 0.418 e. The van der Waals surface area contributed by atoms with Crippen molar-refractivity contribution in [1.82, 2.24) is 10.2 Å². The van der Waals surface area contributed by atoms with Crippen LogP contribution in [-0.2, 0) is 10.2 Å². The van der Waals surface area contributed by atoms with Gasteiger partial charge in [0.25, 0.3) is 0 Å². The fourth-order valence-electron chi connectivity index (χ4n) is 2.33. The second kappa shape index (κ2) is 10.3. The van der Waals surface area contributed by atoms with Crippen molar-refractivity contribution in [2.24, 2.45) is 5.73 Å². The van der Waals surface area contributed by atoms with Crippen LogP contribution in [-0.4, -0.2) is 48.9 Å². The SMILES string of the molecule is CC(C)(C)OC(=O)N(CCN)C(=O)NCCCOc1ccc(C(C)(C)C)cc1. The molecule has 0 aliphatic carbocycles. The lowest BCUT2D eigenvalue weighted by molar-refractivity contribution is 0.0325. The summed E-state index contributed by atoms with van der Waals surface area (Å²) in [6.07, 6.45) is -0.0944. The van der Waals surface area contributed by atoms with Crippen LogP contribution >= 0.6 is 0 Å². The van der Waals surface area contributed by atoms with E-state index < -0.39 is 17.7 Å². The third-order valence-electron chi connectivity index (χ3n) is 3.80. The van der Waals surface area contributed by atoms with E-state index in [0.717, 1.165) is 10.6 Å². The molecule has 0 spiro atoms. The molecule has 1 aromatic rings. The summed E-state index contributed by atoms with van der Waals surface area (Å²) in [6, 6.07) is 7.50. The summed E-state index contributed by atoms with van der Waals surface area (Å²) in [5.74, 6) is 0.790. The Kier molecular flexibility index (Phi) is 8.75. The number of carbonyl (C=O) groups is 2. The number of hydrogen-bond acceptors (Lipinski definition) is 5. The summed E-state index contributed by atoms with van der Waals surface area (Å²) < 4.78 is 10.9. The molecular weight excluding hydrogens is 358 g/mol. The predicted molar refractivity (Wildman–Crippen MR) is 111 cm³/mol. The Balaban J connectivity index is 2.40. The molecule has 0 saturated heterocycles. The molecule has 0 atom stereocenters. The number of nitrogens with two attached hydrogens (primary N) is 1. The number of nitrogens with zero attached hydrogens (tertiary/aromatic N) is 1. The van der Waals surface area contributed by atoms with Gasteiger partial charge in [-0.2, -0.15) is 0 Å². The molecule has 1 rings (SSSR count). The predicted octanol–water partition coefficient (Wildman–Crippen LogP) is 3.66. The number of amides is 3. The van der Waals surface area contributed by atoms with Gasteiger partial charge in [0.05, 0.1) is 6.61 Å². The van der Waals surface area contributed by atoms with Crippen molar-refractivity contribution in [3.05, 3.63) is 29.8 Å². The molecule has 3 N–H and O–H groups in total. The van der Waals surface area contributed by atoms with Gasteiger partial charge in [-0.15, -0.1) is 0 Å². The van der Waals surface area contributed by atoms with Crippen molar-refractivity contribution in [2.75, 3.05) is 26.2 Å². The van der Waals surface area contributed by atoms with Gasteiger partial charge in [-0.05, 0) is 50.3 Å². The maximum absolute atomic E-state index is 12.2. The van der Waals surface area contributed by atoms with E-state index in [0.29, 0.717) is 19.6 Å². The monoisotopic (exact) mass is 393 g/mol. The van der Waals surface area contributed by atoms with Gasteiger partial charge in [-0.3, -0.25) is 0 Å². The van der Waals surface area contributed by atoms with Crippen LogP contribution in [0.2, 0.25) is 0 Å². The molecule has 0 bridgehead atoms. The first-order chi connectivity index (χ1) is 12.9. The van der Waals surface area contributed by atoms with Crippen LogP contribution in [0.5, 0.6) is 5.75 Å². The lowest BCUT2D eigenvalue weighted by Crippen LogP contribution is -2.48. The molecule has 1 aromatic carbocycles. The Morgan fingerprint density at radius 1 is 1.07 bits per heavy atom. The second-order valence-corrected chi connectivity index (χ2v) is 8.63. The highest BCUT2D eigenvalue weighted by atomic mass is 16.6. The fraction of sp³-hybridized carbons (Fsp3) is 0.619. The number of carbonyl (C=O) groups excluding carboxylic acids is 2. The number of benzene rings is 1. The Labute approximate surface area is 168 Å². The molecule has 7 heteroatoms. The van der Waals surface area contributed by atoms with Crippen LogP contribution in [0.15, 0.2) is 24.3 Å². The zero-order valence-electron chi connectivity index (χ0n) is 18.0. The van der Waals surface area contributed by atoms with Crippen LogP contribution in [0.4, 0.5) is 9.59 Å². The van der Waals surface area contributed by atoms with Crippen molar-refractivity contribution >= 4 is 12.1 Å². The highest BCUT2D eigenvalue weighted by Gasteiger charge is 2.26. The maximum Gasteiger partial charge on any atom is 0.418 e. The summed E-state index contributed by atoms with van der Waals surface area (Å²) in [5, 5.41) is 2.70. The van der Waals surface area contributed by atoms with Crippen molar-refractivity contribution < 1.29 is 19.1 Å². The minimum atomic E-state index is -0.703. The summed E-state index contributed by atoms with van der Waals surface area (Å²) in [7, 11) is 0. The third-order valence-corrected chi connectivity index (χ3v) is 3.80. The maximum atomic E-state index is 12.2. The molecule has 7 nitrogen and oxygen atoms in total. The Bertz CT molecular complexity index is 631. The highest BCUT2D eigenvalue weighted by Crippen LogP contribution is 2.24. The first kappa shape index (κ1) is 23.8. The third kappa shape index (κ3) is 8.61. The van der Waals surface area contributed by atoms with Crippen molar-refractivity contribution in [3.63, 3.8) is 0 Å². The van der Waals surface area contributed by atoms with E-state index in [9.17, 15) is 9.59 Å². The standard InChI is InChI=1S/C21H35N3O4/c1-20(2,3)16-8-10-17(11-9-16)27-15-7-13-23-18(25)24(14-12-22)19(26)28-21(4,5)6/h8-11H,7,12-15,22H2,1-6H3,(H,23,25). The number of nitrogens with one attached hydrogen (secondary N) is 1. The zero-order valence-corrected chi connectivity index (χ0v) is 18.0. The molecular formula is C21H35N3O4. The Morgan fingerprint density at radius 2 is 1.68 bits per heavy atom. The minimum Gasteiger partial charge on any atom is -0.494 e. The van der Waals surface area contributed by atoms with Crippen molar-refractivity contribution in [3.8, 4) is 5.75 Å². The normalized spacial score (nSPS) is 11.7. The van der Waals surface area contributed by atoms with Gasteiger partial charge in [0.1, 0.15) is 11.4 Å². The molecule has 0 saturated carbocycles. The number of rotatable bonds is 7. The summed E-state index contributed by atoms with van der Waals surface area (Å²) in [5.41, 5.74) is 6.17. The first-order valence-corrected chi connectivity index (χ1v) is 9.66. The molecule has 0 fully saturated rings. The highest BCUT2D eigenvalue weighted by molar-refractivity contribution is 5.91. The summed E-state index contributed by atoms with van der Waals surface area (Å²) in [4.78, 5) is 25.4. The van der Waals surface area contributed by atoms with Crippen molar-refractivity contribution in [2.45, 2.75) is 59.0 Å². The van der Waals surface area contributed by atoms with Gasteiger partial charge in [-0.1, -0.05) is 32.9 Å². The van der Waals surface area contributed by atoms with Gasteiger partial charge in [0.15, 0.2) is 0 Å². The van der Waals surface area contributed by atoms with Gasteiger partial charge in [-0.25, -0.2) is 14.5 Å². The molecule has 28 heavy (non-hydrogen) atoms. The summed E-state index contributed by atoms with van der Waals surface area (Å²) >= 11 is 0. The van der Waals surface area contributed by atoms with E-state index in [1.807, 2.05) is 12.1 Å². The second-order valence-electron chi connectivity index (χ2n) is 8.63. The van der Waals surface area contributed by atoms with Crippen molar-refractivity contribution in [1.29, 1.82) is 0 Å². The van der Waals surface area contributed by atoms with E-state index in [4.69, 9.17) is 15.2 Å². The largest absolute Gasteiger partial charge is 0.494 e. The average molecular weight is 394 g/mol. The minimum absolute atomic E-state index is 0.0946. The molecule has 0 heterocycles. The van der Waals surface area contributed by atoms with Crippen LogP contribution < -0.4 is 15.8 Å². The quantitative estimate of drug-likeness (QED) is 0.690. The van der Waals surface area contributed by atoms with Gasteiger partial charge in [0.2, 0.25) is 0 Å². The van der Waals surface area contributed by atoms with Crippen LogP contribution in [0.1, 0.15) is 53.5 Å². The van der Waals surface area contributed by atoms with E-state index >= 15 is 0 Å². The van der Waals surface area contributed by atoms with Gasteiger partial charge >= 0.3 is 12.1 Å². The topological polar surface area (TPSA) is 93.9 Å². The number of ether oxygens (including phenoxy) is 2. The number of imide groups is 1. The lowest BCUT2D eigenvalue weighted by Gasteiger charge is -2.26. The summed E-state index contributed by atoms with van der Waals surface area (Å²) in [6.45, 7) is 12.8.